The fourth-order valence-electron chi connectivity index (χ4n) is 11.5. The first-order valence-electron chi connectivity index (χ1n) is 24.8. The van der Waals surface area contributed by atoms with E-state index in [1.54, 1.807) is 24.3 Å². The van der Waals surface area contributed by atoms with E-state index in [0.29, 0.717) is 55.0 Å². The van der Waals surface area contributed by atoms with Gasteiger partial charge in [-0.05, 0) is 112 Å². The Kier molecular flexibility index (Phi) is 14.9. The molecule has 4 aromatic rings. The number of likely N-dealkylation sites (tertiary alicyclic amines) is 2. The molecule has 9 rings (SSSR count). The molecular weight excluding hydrogens is 934 g/mol. The van der Waals surface area contributed by atoms with Crippen LogP contribution in [0.4, 0.5) is 19.3 Å². The van der Waals surface area contributed by atoms with Gasteiger partial charge in [-0.1, -0.05) is 48.9 Å². The minimum atomic E-state index is -1.07. The van der Waals surface area contributed by atoms with Crippen molar-refractivity contribution in [2.24, 2.45) is 23.5 Å². The van der Waals surface area contributed by atoms with E-state index in [4.69, 9.17) is 31.5 Å². The third-order valence-electron chi connectivity index (χ3n) is 15.6. The number of piperidine rings is 2. The van der Waals surface area contributed by atoms with Crippen molar-refractivity contribution in [3.05, 3.63) is 106 Å². The normalized spacial score (nSPS) is 22.9. The van der Waals surface area contributed by atoms with Gasteiger partial charge in [0, 0.05) is 92.0 Å². The van der Waals surface area contributed by atoms with Crippen molar-refractivity contribution in [2.75, 3.05) is 57.9 Å². The second kappa shape index (κ2) is 21.2. The van der Waals surface area contributed by atoms with Gasteiger partial charge in [0.1, 0.15) is 17.3 Å². The van der Waals surface area contributed by atoms with E-state index in [0.717, 1.165) is 76.4 Å². The molecule has 376 valence electrons. The molecule has 1 aliphatic carbocycles. The third kappa shape index (κ3) is 10.3. The van der Waals surface area contributed by atoms with Crippen molar-refractivity contribution in [3.8, 4) is 28.4 Å². The molecule has 0 aromatic heterocycles. The predicted molar refractivity (Wildman–Crippen MR) is 263 cm³/mol. The van der Waals surface area contributed by atoms with Crippen LogP contribution in [0.15, 0.2) is 72.8 Å². The van der Waals surface area contributed by atoms with Gasteiger partial charge in [-0.25, -0.2) is 13.6 Å². The monoisotopic (exact) mass is 994 g/mol. The fourth-order valence-corrected chi connectivity index (χ4v) is 11.8. The quantitative estimate of drug-likeness (QED) is 0.112. The lowest BCUT2D eigenvalue weighted by molar-refractivity contribution is -0.138. The molecular formula is C54H61ClF2N6O8. The summed E-state index contributed by atoms with van der Waals surface area (Å²) < 4.78 is 49.8. The summed E-state index contributed by atoms with van der Waals surface area (Å²) in [4.78, 5) is 68.7. The minimum Gasteiger partial charge on any atom is -0.494 e. The number of anilines is 1. The van der Waals surface area contributed by atoms with Crippen molar-refractivity contribution >= 4 is 46.9 Å². The van der Waals surface area contributed by atoms with Crippen LogP contribution in [0.2, 0.25) is 5.02 Å². The van der Waals surface area contributed by atoms with Crippen LogP contribution in [-0.4, -0.2) is 98.5 Å². The van der Waals surface area contributed by atoms with Crippen LogP contribution < -0.4 is 35.5 Å². The van der Waals surface area contributed by atoms with Crippen molar-refractivity contribution in [1.29, 1.82) is 0 Å². The first kappa shape index (κ1) is 49.7. The molecule has 4 fully saturated rings. The second-order valence-corrected chi connectivity index (χ2v) is 20.1. The maximum Gasteiger partial charge on any atom is 0.328 e. The molecule has 1 saturated carbocycles. The molecule has 6 amide bonds. The summed E-state index contributed by atoms with van der Waals surface area (Å²) in [7, 11) is 1.30. The summed E-state index contributed by atoms with van der Waals surface area (Å²) in [6.45, 7) is 5.39. The number of imide groups is 1. The van der Waals surface area contributed by atoms with Gasteiger partial charge in [-0.15, -0.1) is 0 Å². The van der Waals surface area contributed by atoms with Crippen LogP contribution >= 0.6 is 11.6 Å². The molecule has 3 saturated heterocycles. The number of carbonyl (C=O) groups is 5. The van der Waals surface area contributed by atoms with Crippen molar-refractivity contribution in [2.45, 2.75) is 88.7 Å². The number of nitrogens with two attached hydrogens (primary N) is 1. The molecule has 4 heterocycles. The molecule has 5 aliphatic rings. The summed E-state index contributed by atoms with van der Waals surface area (Å²) >= 11 is 6.69. The lowest BCUT2D eigenvalue weighted by atomic mass is 9.77. The molecule has 0 spiro atoms. The lowest BCUT2D eigenvalue weighted by Crippen LogP contribution is -2.49. The number of ether oxygens (including phenoxy) is 3. The Balaban J connectivity index is 0.742. The number of hydrogen-bond donors (Lipinski definition) is 3. The van der Waals surface area contributed by atoms with E-state index < -0.39 is 35.1 Å². The van der Waals surface area contributed by atoms with Gasteiger partial charge in [0.2, 0.25) is 17.7 Å². The van der Waals surface area contributed by atoms with Crippen LogP contribution in [0.3, 0.4) is 0 Å². The standard InChI is InChI=1S/C54H61ClF2N6O8/c1-32-46-43(29-41(56)49(55)48(46)47-40(51(58)66)16-17-42(69-2)50(47)57)71-54(32,36-6-4-3-5-7-36)31-59-37-10-8-35(9-11-37)52(67)62-25-20-34(21-26-62)28-33-18-23-61(24-19-33)45(65)30-70-39-14-12-38(13-15-39)63-27-22-44(64)60-53(63)68/h3-7,12-17,29,32-35,37,59H,8-11,18-28,30-31H2,1-2H3,(H2,58,66)(H,60,64,68)/t32-,35?,37?,54-/m0/s1. The predicted octanol–water partition coefficient (Wildman–Crippen LogP) is 8.33. The highest BCUT2D eigenvalue weighted by atomic mass is 35.5. The highest BCUT2D eigenvalue weighted by Crippen LogP contribution is 2.56. The summed E-state index contributed by atoms with van der Waals surface area (Å²) in [6.07, 6.45) is 8.24. The lowest BCUT2D eigenvalue weighted by Gasteiger charge is -2.39. The summed E-state index contributed by atoms with van der Waals surface area (Å²) in [5.41, 5.74) is 6.16. The van der Waals surface area contributed by atoms with Crippen molar-refractivity contribution in [3.63, 3.8) is 0 Å². The zero-order valence-electron chi connectivity index (χ0n) is 40.2. The van der Waals surface area contributed by atoms with E-state index in [1.165, 1.54) is 30.2 Å². The Hall–Kier alpha value is -6.26. The van der Waals surface area contributed by atoms with Gasteiger partial charge >= 0.3 is 6.03 Å². The van der Waals surface area contributed by atoms with E-state index >= 15 is 8.78 Å². The number of methoxy groups -OCH3 is 1. The number of benzene rings is 4. The van der Waals surface area contributed by atoms with Gasteiger partial charge in [-0.3, -0.25) is 29.4 Å². The molecule has 0 radical (unpaired) electrons. The van der Waals surface area contributed by atoms with E-state index in [-0.39, 0.29) is 75.9 Å². The van der Waals surface area contributed by atoms with E-state index in [2.05, 4.69) is 15.5 Å². The largest absolute Gasteiger partial charge is 0.494 e. The Bertz CT molecular complexity index is 2650. The first-order chi connectivity index (χ1) is 34.2. The van der Waals surface area contributed by atoms with Crippen LogP contribution in [-0.2, 0) is 20.0 Å². The number of rotatable bonds is 14. The molecule has 0 unspecified atom stereocenters. The van der Waals surface area contributed by atoms with Crippen LogP contribution in [0.1, 0.15) is 98.5 Å². The minimum absolute atomic E-state index is 0.00713. The van der Waals surface area contributed by atoms with Crippen LogP contribution in [0.25, 0.3) is 11.1 Å². The first-order valence-corrected chi connectivity index (χ1v) is 25.2. The third-order valence-corrected chi connectivity index (χ3v) is 16.0. The van der Waals surface area contributed by atoms with Gasteiger partial charge in [0.05, 0.1) is 17.7 Å². The molecule has 0 bridgehead atoms. The van der Waals surface area contributed by atoms with Gasteiger partial charge in [0.15, 0.2) is 23.8 Å². The SMILES string of the molecule is COc1ccc(C(N)=O)c(-c2c(Cl)c(F)cc3c2[C@H](C)[C@@](CNC2CCC(C(=O)N4CCC(CC5CCN(C(=O)COc6ccc(N7CCC(=O)NC7=O)cc6)CC5)CC4)CC2)(c2ccccc2)O3)c1F. The number of halogens is 3. The zero-order valence-corrected chi connectivity index (χ0v) is 40.9. The fraction of sp³-hybridized carbons (Fsp3) is 0.463. The molecule has 2 atom stereocenters. The van der Waals surface area contributed by atoms with Gasteiger partial charge in [0.25, 0.3) is 5.91 Å². The number of nitrogens with one attached hydrogen (secondary N) is 2. The summed E-state index contributed by atoms with van der Waals surface area (Å²) in [5, 5.41) is 5.70. The average molecular weight is 996 g/mol. The van der Waals surface area contributed by atoms with Crippen LogP contribution in [0.5, 0.6) is 17.2 Å². The highest BCUT2D eigenvalue weighted by molar-refractivity contribution is 6.34. The number of primary amides is 1. The average Bonchev–Trinajstić information content (AvgIpc) is 3.66. The number of amides is 6. The summed E-state index contributed by atoms with van der Waals surface area (Å²) in [6, 6.07) is 20.0. The maximum absolute atomic E-state index is 16.2. The van der Waals surface area contributed by atoms with E-state index in [1.807, 2.05) is 42.2 Å². The van der Waals surface area contributed by atoms with E-state index in [9.17, 15) is 24.0 Å². The molecule has 4 aliphatic heterocycles. The smallest absolute Gasteiger partial charge is 0.328 e. The molecule has 4 N–H and O–H groups in total. The topological polar surface area (TPSA) is 173 Å². The van der Waals surface area contributed by atoms with Gasteiger partial charge < -0.3 is 35.1 Å². The maximum atomic E-state index is 16.2. The summed E-state index contributed by atoms with van der Waals surface area (Å²) in [5.74, 6) is -1.67. The van der Waals surface area contributed by atoms with Crippen molar-refractivity contribution in [1.82, 2.24) is 20.4 Å². The number of urea groups is 1. The zero-order chi connectivity index (χ0) is 50.0. The number of hydrogen-bond acceptors (Lipinski definition) is 9. The number of carbonyl (C=O) groups excluding carboxylic acids is 5. The Labute approximate surface area is 417 Å². The molecule has 4 aromatic carbocycles. The Morgan fingerprint density at radius 2 is 1.52 bits per heavy atom. The Morgan fingerprint density at radius 3 is 2.15 bits per heavy atom. The molecule has 14 nitrogen and oxygen atoms in total. The second-order valence-electron chi connectivity index (χ2n) is 19.7. The highest BCUT2D eigenvalue weighted by Gasteiger charge is 2.50. The Morgan fingerprint density at radius 1 is 0.859 bits per heavy atom. The van der Waals surface area contributed by atoms with Gasteiger partial charge in [-0.2, -0.15) is 0 Å². The van der Waals surface area contributed by atoms with Crippen LogP contribution in [0, 0.1) is 29.4 Å². The molecule has 17 heteroatoms. The number of nitrogens with zero attached hydrogens (tertiary/aromatic N) is 3. The number of fused-ring (bicyclic) bond motifs is 1. The molecule has 71 heavy (non-hydrogen) atoms. The van der Waals surface area contributed by atoms with Crippen molar-refractivity contribution < 1.29 is 47.0 Å².